The Morgan fingerprint density at radius 2 is 1.94 bits per heavy atom. The first-order valence-corrected chi connectivity index (χ1v) is 5.78. The highest BCUT2D eigenvalue weighted by Gasteiger charge is 2.43. The van der Waals surface area contributed by atoms with Gasteiger partial charge < -0.3 is 14.9 Å². The van der Waals surface area contributed by atoms with Crippen LogP contribution in [0.25, 0.3) is 0 Å². The second-order valence-electron chi connectivity index (χ2n) is 4.61. The van der Waals surface area contributed by atoms with Crippen molar-refractivity contribution in [1.82, 2.24) is 4.90 Å². The molecule has 0 amide bonds. The third-order valence-electron chi connectivity index (χ3n) is 3.68. The number of aliphatic hydroxyl groups excluding tert-OH is 2. The molecule has 0 saturated carbocycles. The van der Waals surface area contributed by atoms with Crippen LogP contribution in [0.5, 0.6) is 5.75 Å². The molecule has 1 aliphatic rings. The summed E-state index contributed by atoms with van der Waals surface area (Å²) in [4.78, 5) is 1.99. The van der Waals surface area contributed by atoms with Gasteiger partial charge in [-0.3, -0.25) is 4.90 Å². The molecule has 0 radical (unpaired) electrons. The molecule has 4 atom stereocenters. The Hall–Kier alpha value is -1.10. The number of nitrogens with zero attached hydrogens (tertiary/aromatic N) is 1. The van der Waals surface area contributed by atoms with Gasteiger partial charge in [0.2, 0.25) is 0 Å². The molecule has 17 heavy (non-hydrogen) atoms. The normalized spacial score (nSPS) is 33.9. The number of likely N-dealkylation sites (N-methyl/N-ethyl adjacent to an activating group) is 1. The Morgan fingerprint density at radius 1 is 1.24 bits per heavy atom. The van der Waals surface area contributed by atoms with E-state index in [1.807, 2.05) is 43.1 Å². The lowest BCUT2D eigenvalue weighted by Gasteiger charge is -2.24. The van der Waals surface area contributed by atoms with Crippen LogP contribution < -0.4 is 4.74 Å². The van der Waals surface area contributed by atoms with Crippen molar-refractivity contribution in [1.29, 1.82) is 0 Å². The summed E-state index contributed by atoms with van der Waals surface area (Å²) in [6, 6.07) is 7.36. The van der Waals surface area contributed by atoms with Crippen LogP contribution in [0.4, 0.5) is 0 Å². The maximum atomic E-state index is 10.1. The fraction of sp³-hybridized carbons (Fsp3) is 0.538. The quantitative estimate of drug-likeness (QED) is 0.798. The molecule has 4 nitrogen and oxygen atoms in total. The molecule has 0 aromatic heterocycles. The van der Waals surface area contributed by atoms with Gasteiger partial charge in [-0.25, -0.2) is 0 Å². The van der Waals surface area contributed by atoms with Gasteiger partial charge in [0.15, 0.2) is 0 Å². The van der Waals surface area contributed by atoms with Crippen LogP contribution in [0.2, 0.25) is 0 Å². The van der Waals surface area contributed by atoms with Gasteiger partial charge in [0, 0.05) is 6.04 Å². The van der Waals surface area contributed by atoms with Crippen LogP contribution in [0.1, 0.15) is 18.5 Å². The first-order chi connectivity index (χ1) is 8.06. The van der Waals surface area contributed by atoms with E-state index >= 15 is 0 Å². The molecule has 0 aliphatic carbocycles. The monoisotopic (exact) mass is 237 g/mol. The lowest BCUT2D eigenvalue weighted by atomic mass is 10.0. The number of methoxy groups -OCH3 is 1. The maximum absolute atomic E-state index is 10.1. The molecule has 1 aromatic carbocycles. The summed E-state index contributed by atoms with van der Waals surface area (Å²) in [5.41, 5.74) is 0.961. The highest BCUT2D eigenvalue weighted by Crippen LogP contribution is 2.36. The minimum atomic E-state index is -0.762. The molecule has 94 valence electrons. The number of hydrogen-bond acceptors (Lipinski definition) is 4. The number of rotatable bonds is 2. The van der Waals surface area contributed by atoms with Crippen LogP contribution in [0.15, 0.2) is 24.3 Å². The number of hydrogen-bond donors (Lipinski definition) is 2. The number of aliphatic hydroxyl groups is 2. The Labute approximate surface area is 101 Å². The van der Waals surface area contributed by atoms with Crippen LogP contribution in [0, 0.1) is 0 Å². The molecular formula is C13H19NO3. The lowest BCUT2D eigenvalue weighted by Crippen LogP contribution is -2.30. The second kappa shape index (κ2) is 4.64. The van der Waals surface area contributed by atoms with E-state index in [4.69, 9.17) is 4.74 Å². The molecule has 1 aliphatic heterocycles. The Balaban J connectivity index is 2.32. The fourth-order valence-corrected chi connectivity index (χ4v) is 2.47. The van der Waals surface area contributed by atoms with Crippen molar-refractivity contribution in [3.63, 3.8) is 0 Å². The first-order valence-electron chi connectivity index (χ1n) is 5.78. The van der Waals surface area contributed by atoms with Gasteiger partial charge in [0.05, 0.1) is 19.3 Å². The molecule has 1 aromatic rings. The maximum Gasteiger partial charge on any atom is 0.119 e. The van der Waals surface area contributed by atoms with Crippen molar-refractivity contribution in [2.24, 2.45) is 0 Å². The molecule has 0 bridgehead atoms. The zero-order valence-electron chi connectivity index (χ0n) is 10.4. The van der Waals surface area contributed by atoms with Crippen molar-refractivity contribution in [3.05, 3.63) is 29.8 Å². The third kappa shape index (κ3) is 2.04. The van der Waals surface area contributed by atoms with E-state index in [1.165, 1.54) is 0 Å². The first kappa shape index (κ1) is 12.4. The summed E-state index contributed by atoms with van der Waals surface area (Å²) < 4.78 is 5.18. The fourth-order valence-electron chi connectivity index (χ4n) is 2.47. The van der Waals surface area contributed by atoms with Crippen LogP contribution >= 0.6 is 0 Å². The van der Waals surface area contributed by atoms with Gasteiger partial charge in [-0.15, -0.1) is 0 Å². The van der Waals surface area contributed by atoms with Crippen LogP contribution in [0.3, 0.4) is 0 Å². The van der Waals surface area contributed by atoms with Crippen LogP contribution in [-0.4, -0.2) is 47.5 Å². The summed E-state index contributed by atoms with van der Waals surface area (Å²) in [5.74, 6) is 0.761. The summed E-state index contributed by atoms with van der Waals surface area (Å²) in [5, 5.41) is 20.0. The summed E-state index contributed by atoms with van der Waals surface area (Å²) in [7, 11) is 3.53. The van der Waals surface area contributed by atoms with E-state index in [-0.39, 0.29) is 12.1 Å². The highest BCUT2D eigenvalue weighted by molar-refractivity contribution is 5.32. The Kier molecular flexibility index (Phi) is 3.38. The van der Waals surface area contributed by atoms with E-state index in [1.54, 1.807) is 7.11 Å². The molecule has 1 fully saturated rings. The molecule has 4 heteroatoms. The van der Waals surface area contributed by atoms with Gasteiger partial charge >= 0.3 is 0 Å². The zero-order valence-corrected chi connectivity index (χ0v) is 10.4. The standard InChI is InChI=1S/C13H19NO3/c1-8-12(15)13(16)11(14(8)2)9-5-4-6-10(7-9)17-3/h4-8,11-13,15-16H,1-3H3/t8-,11+,12+,13+/m0/s1. The van der Waals surface area contributed by atoms with Crippen molar-refractivity contribution >= 4 is 0 Å². The number of likely N-dealkylation sites (tertiary alicyclic amines) is 1. The van der Waals surface area contributed by atoms with Gasteiger partial charge in [-0.1, -0.05) is 12.1 Å². The molecule has 0 spiro atoms. The predicted octanol–water partition coefficient (Wildman–Crippen LogP) is 0.792. The highest BCUT2D eigenvalue weighted by atomic mass is 16.5. The average molecular weight is 237 g/mol. The average Bonchev–Trinajstić information content (AvgIpc) is 2.54. The Bertz CT molecular complexity index is 382. The van der Waals surface area contributed by atoms with Crippen molar-refractivity contribution in [2.75, 3.05) is 14.2 Å². The van der Waals surface area contributed by atoms with Gasteiger partial charge in [0.1, 0.15) is 11.9 Å². The van der Waals surface area contributed by atoms with Gasteiger partial charge in [-0.2, -0.15) is 0 Å². The molecule has 0 unspecified atom stereocenters. The SMILES string of the molecule is COc1cccc([C@@H]2[C@@H](O)[C@H](O)[C@H](C)N2C)c1. The smallest absolute Gasteiger partial charge is 0.119 e. The summed E-state index contributed by atoms with van der Waals surface area (Å²) >= 11 is 0. The summed E-state index contributed by atoms with van der Waals surface area (Å²) in [6.07, 6.45) is -1.47. The van der Waals surface area contributed by atoms with E-state index in [2.05, 4.69) is 0 Å². The van der Waals surface area contributed by atoms with Crippen molar-refractivity contribution in [3.8, 4) is 5.75 Å². The zero-order chi connectivity index (χ0) is 12.6. The molecular weight excluding hydrogens is 218 g/mol. The third-order valence-corrected chi connectivity index (χ3v) is 3.68. The van der Waals surface area contributed by atoms with Crippen molar-refractivity contribution in [2.45, 2.75) is 31.2 Å². The number of ether oxygens (including phenoxy) is 1. The minimum Gasteiger partial charge on any atom is -0.497 e. The molecule has 1 heterocycles. The van der Waals surface area contributed by atoms with Crippen LogP contribution in [-0.2, 0) is 0 Å². The molecule has 2 N–H and O–H groups in total. The second-order valence-corrected chi connectivity index (χ2v) is 4.61. The van der Waals surface area contributed by atoms with E-state index < -0.39 is 12.2 Å². The predicted molar refractivity (Wildman–Crippen MR) is 65.0 cm³/mol. The van der Waals surface area contributed by atoms with Gasteiger partial charge in [-0.05, 0) is 31.7 Å². The van der Waals surface area contributed by atoms with Crippen molar-refractivity contribution < 1.29 is 14.9 Å². The van der Waals surface area contributed by atoms with E-state index in [9.17, 15) is 10.2 Å². The largest absolute Gasteiger partial charge is 0.497 e. The number of benzene rings is 1. The lowest BCUT2D eigenvalue weighted by molar-refractivity contribution is 0.0300. The Morgan fingerprint density at radius 3 is 2.47 bits per heavy atom. The minimum absolute atomic E-state index is 0.0544. The van der Waals surface area contributed by atoms with Gasteiger partial charge in [0.25, 0.3) is 0 Å². The topological polar surface area (TPSA) is 52.9 Å². The molecule has 2 rings (SSSR count). The van der Waals surface area contributed by atoms with E-state index in [0.29, 0.717) is 0 Å². The summed E-state index contributed by atoms with van der Waals surface area (Å²) in [6.45, 7) is 1.91. The molecule has 1 saturated heterocycles. The van der Waals surface area contributed by atoms with E-state index in [0.717, 1.165) is 11.3 Å².